The smallest absolute Gasteiger partial charge is 0.198 e. The molecule has 5 nitrogen and oxygen atoms in total. The van der Waals surface area contributed by atoms with E-state index in [-0.39, 0.29) is 5.41 Å². The molecule has 0 aliphatic rings. The lowest BCUT2D eigenvalue weighted by Gasteiger charge is -2.19. The van der Waals surface area contributed by atoms with Crippen molar-refractivity contribution < 1.29 is 0 Å². The van der Waals surface area contributed by atoms with Crippen LogP contribution in [0.4, 0.5) is 0 Å². The minimum Gasteiger partial charge on any atom is -0.305 e. The molecule has 0 saturated heterocycles. The lowest BCUT2D eigenvalue weighted by molar-refractivity contribution is 0.590. The first-order valence-electron chi connectivity index (χ1n) is 7.89. The normalized spacial score (nSPS) is 11.9. The van der Waals surface area contributed by atoms with E-state index < -0.39 is 0 Å². The first kappa shape index (κ1) is 17.1. The number of aryl methyl sites for hydroxylation is 1. The first-order chi connectivity index (χ1) is 11.4. The summed E-state index contributed by atoms with van der Waals surface area (Å²) in [5, 5.41) is 9.48. The third-order valence-corrected chi connectivity index (χ3v) is 5.62. The first-order valence-corrected chi connectivity index (χ1v) is 9.48. The van der Waals surface area contributed by atoms with Crippen LogP contribution in [0.15, 0.2) is 33.8 Å². The van der Waals surface area contributed by atoms with Gasteiger partial charge in [-0.25, -0.2) is 4.98 Å². The van der Waals surface area contributed by atoms with Gasteiger partial charge in [0.2, 0.25) is 0 Å². The topological polar surface area (TPSA) is 56.5 Å². The van der Waals surface area contributed by atoms with Crippen molar-refractivity contribution in [3.8, 4) is 11.4 Å². The van der Waals surface area contributed by atoms with Crippen LogP contribution in [0.25, 0.3) is 11.4 Å². The molecule has 0 fully saturated rings. The van der Waals surface area contributed by atoms with Crippen molar-refractivity contribution in [1.29, 1.82) is 0 Å². The van der Waals surface area contributed by atoms with Crippen LogP contribution in [-0.2, 0) is 18.9 Å². The Morgan fingerprint density at radius 3 is 2.42 bits per heavy atom. The molecule has 0 bridgehead atoms. The molecule has 0 aliphatic heterocycles. The predicted molar refractivity (Wildman–Crippen MR) is 98.5 cm³/mol. The minimum absolute atomic E-state index is 0.147. The molecule has 126 valence electrons. The molecule has 0 saturated carbocycles. The average molecular weight is 360 g/mol. The number of hydrogen-bond acceptors (Lipinski definition) is 6. The van der Waals surface area contributed by atoms with Crippen LogP contribution in [0, 0.1) is 0 Å². The summed E-state index contributed by atoms with van der Waals surface area (Å²) in [6.07, 6.45) is 0.848. The van der Waals surface area contributed by atoms with Gasteiger partial charge in [-0.1, -0.05) is 52.0 Å². The fourth-order valence-corrected chi connectivity index (χ4v) is 3.87. The molecule has 24 heavy (non-hydrogen) atoms. The van der Waals surface area contributed by atoms with Gasteiger partial charge < -0.3 is 4.57 Å². The van der Waals surface area contributed by atoms with Crippen molar-refractivity contribution in [3.05, 3.63) is 35.7 Å². The lowest BCUT2D eigenvalue weighted by Crippen LogP contribution is -2.10. The summed E-state index contributed by atoms with van der Waals surface area (Å²) < 4.78 is 7.21. The van der Waals surface area contributed by atoms with E-state index in [2.05, 4.69) is 71.5 Å². The zero-order chi connectivity index (χ0) is 17.3. The standard InChI is InChI=1S/C17H21N5S2/c1-6-13-18-16(24-21-13)23-15-20-19-14(22(15)5)11-7-9-12(10-8-11)17(2,3)4/h7-10H,6H2,1-5H3. The summed E-state index contributed by atoms with van der Waals surface area (Å²) in [6, 6.07) is 8.54. The SMILES string of the molecule is CCc1nsc(Sc2nnc(-c3ccc(C(C)(C)C)cc3)n2C)n1. The van der Waals surface area contributed by atoms with Crippen molar-refractivity contribution in [2.75, 3.05) is 0 Å². The number of benzene rings is 1. The molecule has 0 aliphatic carbocycles. The van der Waals surface area contributed by atoms with Gasteiger partial charge in [0.25, 0.3) is 0 Å². The van der Waals surface area contributed by atoms with Gasteiger partial charge in [-0.3, -0.25) is 0 Å². The van der Waals surface area contributed by atoms with Crippen LogP contribution < -0.4 is 0 Å². The van der Waals surface area contributed by atoms with Crippen molar-refractivity contribution in [2.45, 2.75) is 49.0 Å². The Balaban J connectivity index is 1.84. The molecule has 0 unspecified atom stereocenters. The van der Waals surface area contributed by atoms with E-state index in [9.17, 15) is 0 Å². The molecule has 0 amide bonds. The fraction of sp³-hybridized carbons (Fsp3) is 0.412. The van der Waals surface area contributed by atoms with E-state index in [0.717, 1.165) is 33.1 Å². The maximum absolute atomic E-state index is 4.48. The molecule has 2 aromatic heterocycles. The summed E-state index contributed by atoms with van der Waals surface area (Å²) >= 11 is 2.92. The lowest BCUT2D eigenvalue weighted by atomic mass is 9.87. The largest absolute Gasteiger partial charge is 0.305 e. The third kappa shape index (κ3) is 3.52. The van der Waals surface area contributed by atoms with Crippen LogP contribution in [-0.4, -0.2) is 24.1 Å². The molecular formula is C17H21N5S2. The van der Waals surface area contributed by atoms with Crippen molar-refractivity contribution in [3.63, 3.8) is 0 Å². The number of aromatic nitrogens is 5. The zero-order valence-corrected chi connectivity index (χ0v) is 16.2. The van der Waals surface area contributed by atoms with Gasteiger partial charge in [0.1, 0.15) is 5.82 Å². The molecule has 3 aromatic rings. The van der Waals surface area contributed by atoms with E-state index in [1.807, 2.05) is 11.6 Å². The Morgan fingerprint density at radius 1 is 1.12 bits per heavy atom. The molecule has 7 heteroatoms. The molecular weight excluding hydrogens is 338 g/mol. The Kier molecular flexibility index (Phi) is 4.73. The van der Waals surface area contributed by atoms with Gasteiger partial charge in [0.15, 0.2) is 15.3 Å². The van der Waals surface area contributed by atoms with E-state index in [1.54, 1.807) is 0 Å². The van der Waals surface area contributed by atoms with Crippen LogP contribution >= 0.6 is 23.3 Å². The maximum Gasteiger partial charge on any atom is 0.198 e. The van der Waals surface area contributed by atoms with Crippen LogP contribution in [0.5, 0.6) is 0 Å². The molecule has 2 heterocycles. The van der Waals surface area contributed by atoms with Gasteiger partial charge in [-0.05, 0) is 34.3 Å². The van der Waals surface area contributed by atoms with Crippen LogP contribution in [0.3, 0.4) is 0 Å². The minimum atomic E-state index is 0.147. The van der Waals surface area contributed by atoms with Gasteiger partial charge in [0, 0.05) is 19.0 Å². The zero-order valence-electron chi connectivity index (χ0n) is 14.6. The van der Waals surface area contributed by atoms with E-state index in [1.165, 1.54) is 28.9 Å². The fourth-order valence-electron chi connectivity index (χ4n) is 2.28. The Bertz CT molecular complexity index is 828. The second-order valence-corrected chi connectivity index (χ2v) is 8.59. The van der Waals surface area contributed by atoms with Crippen LogP contribution in [0.2, 0.25) is 0 Å². The summed E-state index contributed by atoms with van der Waals surface area (Å²) in [5.41, 5.74) is 2.52. The molecule has 0 radical (unpaired) electrons. The monoisotopic (exact) mass is 359 g/mol. The highest BCUT2D eigenvalue weighted by Crippen LogP contribution is 2.30. The summed E-state index contributed by atoms with van der Waals surface area (Å²) in [7, 11) is 1.98. The molecule has 0 N–H and O–H groups in total. The van der Waals surface area contributed by atoms with Crippen molar-refractivity contribution in [1.82, 2.24) is 24.1 Å². The second-order valence-electron chi connectivity index (χ2n) is 6.62. The summed E-state index contributed by atoms with van der Waals surface area (Å²) in [6.45, 7) is 8.70. The average Bonchev–Trinajstić information content (AvgIpc) is 3.15. The Hall–Kier alpha value is -1.73. The highest BCUT2D eigenvalue weighted by Gasteiger charge is 2.16. The van der Waals surface area contributed by atoms with Crippen molar-refractivity contribution >= 4 is 23.3 Å². The Morgan fingerprint density at radius 2 is 1.83 bits per heavy atom. The van der Waals surface area contributed by atoms with Crippen LogP contribution in [0.1, 0.15) is 39.1 Å². The van der Waals surface area contributed by atoms with E-state index >= 15 is 0 Å². The number of rotatable bonds is 4. The third-order valence-electron chi connectivity index (χ3n) is 3.79. The van der Waals surface area contributed by atoms with Crippen molar-refractivity contribution in [2.24, 2.45) is 7.05 Å². The van der Waals surface area contributed by atoms with Gasteiger partial charge in [-0.15, -0.1) is 10.2 Å². The molecule has 0 spiro atoms. The van der Waals surface area contributed by atoms with Gasteiger partial charge in [-0.2, -0.15) is 4.37 Å². The summed E-state index contributed by atoms with van der Waals surface area (Å²) in [4.78, 5) is 4.48. The van der Waals surface area contributed by atoms with E-state index in [4.69, 9.17) is 0 Å². The maximum atomic E-state index is 4.48. The molecule has 0 atom stereocenters. The van der Waals surface area contributed by atoms with Gasteiger partial charge >= 0.3 is 0 Å². The highest BCUT2D eigenvalue weighted by atomic mass is 32.2. The highest BCUT2D eigenvalue weighted by molar-refractivity contribution is 8.00. The Labute approximate surface area is 150 Å². The summed E-state index contributed by atoms with van der Waals surface area (Å²) in [5.74, 6) is 1.74. The second kappa shape index (κ2) is 6.64. The quantitative estimate of drug-likeness (QED) is 0.693. The van der Waals surface area contributed by atoms with E-state index in [0.29, 0.717) is 0 Å². The van der Waals surface area contributed by atoms with Gasteiger partial charge in [0.05, 0.1) is 0 Å². The predicted octanol–water partition coefficient (Wildman–Crippen LogP) is 4.34. The molecule has 1 aromatic carbocycles. The number of hydrogen-bond donors (Lipinski definition) is 0. The molecule has 3 rings (SSSR count). The number of nitrogens with zero attached hydrogens (tertiary/aromatic N) is 5.